The van der Waals surface area contributed by atoms with Crippen LogP contribution in [0.15, 0.2) is 64.8 Å². The van der Waals surface area contributed by atoms with E-state index in [1.165, 1.54) is 24.0 Å². The Balaban J connectivity index is 1.64. The van der Waals surface area contributed by atoms with Gasteiger partial charge in [-0.1, -0.05) is 35.5 Å². The van der Waals surface area contributed by atoms with Crippen LogP contribution in [0.2, 0.25) is 0 Å². The second-order valence-corrected chi connectivity index (χ2v) is 9.82. The highest BCUT2D eigenvalue weighted by atomic mass is 19.4. The molecule has 13 heteroatoms. The number of ether oxygens (including phenoxy) is 1. The number of halogens is 6. The summed E-state index contributed by atoms with van der Waals surface area (Å²) >= 11 is 0. The fourth-order valence-corrected chi connectivity index (χ4v) is 5.17. The van der Waals surface area contributed by atoms with E-state index >= 15 is 0 Å². The molecule has 39 heavy (non-hydrogen) atoms. The molecule has 0 amide bonds. The summed E-state index contributed by atoms with van der Waals surface area (Å²) in [5.74, 6) is 0. The Bertz CT molecular complexity index is 1320. The van der Waals surface area contributed by atoms with Gasteiger partial charge in [0.1, 0.15) is 6.33 Å². The first-order valence-corrected chi connectivity index (χ1v) is 12.1. The maximum absolute atomic E-state index is 13.4. The molecule has 0 bridgehead atoms. The largest absolute Gasteiger partial charge is 0.416 e. The number of hydrogen-bond donors (Lipinski definition) is 2. The Labute approximate surface area is 219 Å². The lowest BCUT2D eigenvalue weighted by molar-refractivity contribution is -0.143. The van der Waals surface area contributed by atoms with Crippen LogP contribution in [0.25, 0.3) is 0 Å². The molecule has 1 aromatic heterocycles. The highest BCUT2D eigenvalue weighted by Gasteiger charge is 2.46. The van der Waals surface area contributed by atoms with Crippen molar-refractivity contribution in [3.63, 3.8) is 0 Å². The van der Waals surface area contributed by atoms with Gasteiger partial charge in [0.2, 0.25) is 0 Å². The van der Waals surface area contributed by atoms with E-state index in [2.05, 4.69) is 15.4 Å². The zero-order valence-corrected chi connectivity index (χ0v) is 20.8. The van der Waals surface area contributed by atoms with Crippen LogP contribution in [-0.2, 0) is 28.0 Å². The van der Waals surface area contributed by atoms with Crippen molar-refractivity contribution in [3.05, 3.63) is 87.6 Å². The van der Waals surface area contributed by atoms with Crippen molar-refractivity contribution in [1.82, 2.24) is 14.8 Å². The van der Waals surface area contributed by atoms with Gasteiger partial charge in [0.05, 0.1) is 35.6 Å². The van der Waals surface area contributed by atoms with E-state index in [-0.39, 0.29) is 18.2 Å². The van der Waals surface area contributed by atoms with Crippen molar-refractivity contribution in [2.45, 2.75) is 62.0 Å². The van der Waals surface area contributed by atoms with Gasteiger partial charge < -0.3 is 9.94 Å². The first kappa shape index (κ1) is 28.4. The minimum atomic E-state index is -4.97. The molecule has 7 nitrogen and oxygen atoms in total. The van der Waals surface area contributed by atoms with Crippen LogP contribution in [0, 0.1) is 0 Å². The average molecular weight is 557 g/mol. The molecule has 0 aliphatic heterocycles. The van der Waals surface area contributed by atoms with Crippen LogP contribution in [0.1, 0.15) is 61.0 Å². The van der Waals surface area contributed by atoms with E-state index in [0.29, 0.717) is 37.8 Å². The molecule has 210 valence electrons. The quantitative estimate of drug-likeness (QED) is 0.160. The summed E-state index contributed by atoms with van der Waals surface area (Å²) in [4.78, 5) is 12.3. The van der Waals surface area contributed by atoms with Crippen LogP contribution in [0.3, 0.4) is 0 Å². The summed E-state index contributed by atoms with van der Waals surface area (Å²) in [5.41, 5.74) is -4.34. The second-order valence-electron chi connectivity index (χ2n) is 9.82. The van der Waals surface area contributed by atoms with Crippen molar-refractivity contribution in [2.75, 3.05) is 6.61 Å². The Morgan fingerprint density at radius 2 is 1.64 bits per heavy atom. The monoisotopic (exact) mass is 556 g/mol. The number of H-pyrrole nitrogens is 1. The van der Waals surface area contributed by atoms with Crippen molar-refractivity contribution in [3.8, 4) is 0 Å². The summed E-state index contributed by atoms with van der Waals surface area (Å²) in [7, 11) is 0. The molecule has 3 aromatic rings. The number of nitrogens with zero attached hydrogens (tertiary/aromatic N) is 3. The van der Waals surface area contributed by atoms with E-state index in [0.717, 1.165) is 5.56 Å². The highest BCUT2D eigenvalue weighted by Crippen LogP contribution is 2.46. The zero-order chi connectivity index (χ0) is 28.5. The Morgan fingerprint density at radius 3 is 2.13 bits per heavy atom. The standard InChI is InChI=1S/C26H26F6N4O3/c1-17(18-11-20(25(27,28)29)13-21(12-18)26(30,31)32)39-15-23(19-5-3-2-4-6-19)7-9-24(10-8-23,14-34-38)36-16-33-35-22(36)37/h2-6,11-14,16-17,38H,7-10,15H2,1H3,(H,35,37)/b34-14+/t17-,23-,24+/m1/s1. The van der Waals surface area contributed by atoms with E-state index in [9.17, 15) is 36.3 Å². The summed E-state index contributed by atoms with van der Waals surface area (Å²) in [6.45, 7) is 1.40. The maximum atomic E-state index is 13.4. The number of aromatic nitrogens is 3. The van der Waals surface area contributed by atoms with Crippen LogP contribution < -0.4 is 5.69 Å². The first-order valence-electron chi connectivity index (χ1n) is 12.1. The minimum Gasteiger partial charge on any atom is -0.411 e. The Kier molecular flexibility index (Phi) is 7.66. The van der Waals surface area contributed by atoms with Gasteiger partial charge in [-0.3, -0.25) is 4.57 Å². The molecule has 0 radical (unpaired) electrons. The number of oxime groups is 1. The number of rotatable bonds is 7. The van der Waals surface area contributed by atoms with Gasteiger partial charge in [-0.15, -0.1) is 0 Å². The molecular weight excluding hydrogens is 530 g/mol. The smallest absolute Gasteiger partial charge is 0.411 e. The topological polar surface area (TPSA) is 92.5 Å². The van der Waals surface area contributed by atoms with Crippen molar-refractivity contribution in [2.24, 2.45) is 5.16 Å². The summed E-state index contributed by atoms with van der Waals surface area (Å²) in [6, 6.07) is 10.6. The number of nitrogens with one attached hydrogen (secondary N) is 1. The van der Waals surface area contributed by atoms with Crippen LogP contribution in [0.4, 0.5) is 26.3 Å². The first-order chi connectivity index (χ1) is 18.3. The summed E-state index contributed by atoms with van der Waals surface area (Å²) in [5, 5.41) is 18.6. The van der Waals surface area contributed by atoms with Crippen molar-refractivity contribution in [1.29, 1.82) is 0 Å². The van der Waals surface area contributed by atoms with Crippen molar-refractivity contribution < 1.29 is 36.3 Å². The van der Waals surface area contributed by atoms with Gasteiger partial charge in [-0.2, -0.15) is 31.4 Å². The number of hydrogen-bond acceptors (Lipinski definition) is 5. The van der Waals surface area contributed by atoms with Gasteiger partial charge in [0, 0.05) is 5.41 Å². The molecule has 4 rings (SSSR count). The summed E-state index contributed by atoms with van der Waals surface area (Å²) in [6.07, 6.45) is -6.98. The molecule has 0 saturated heterocycles. The lowest BCUT2D eigenvalue weighted by Crippen LogP contribution is -2.49. The van der Waals surface area contributed by atoms with E-state index < -0.39 is 46.2 Å². The third-order valence-electron chi connectivity index (χ3n) is 7.48. The highest BCUT2D eigenvalue weighted by molar-refractivity contribution is 5.67. The fraction of sp³-hybridized carbons (Fsp3) is 0.423. The van der Waals surface area contributed by atoms with Gasteiger partial charge >= 0.3 is 18.0 Å². The lowest BCUT2D eigenvalue weighted by Gasteiger charge is -2.45. The Morgan fingerprint density at radius 1 is 1.05 bits per heavy atom. The average Bonchev–Trinajstić information content (AvgIpc) is 3.34. The predicted molar refractivity (Wildman–Crippen MR) is 129 cm³/mol. The molecule has 1 fully saturated rings. The number of alkyl halides is 6. The third kappa shape index (κ3) is 5.87. The number of aromatic amines is 1. The van der Waals surface area contributed by atoms with E-state index in [1.807, 2.05) is 30.3 Å². The molecule has 0 unspecified atom stereocenters. The van der Waals surface area contributed by atoms with E-state index in [4.69, 9.17) is 4.74 Å². The molecule has 1 saturated carbocycles. The molecule has 1 aliphatic rings. The van der Waals surface area contributed by atoms with Gasteiger partial charge in [0.15, 0.2) is 0 Å². The number of benzene rings is 2. The lowest BCUT2D eigenvalue weighted by atomic mass is 9.64. The van der Waals surface area contributed by atoms with Gasteiger partial charge in [0.25, 0.3) is 0 Å². The summed E-state index contributed by atoms with van der Waals surface area (Å²) < 4.78 is 87.6. The van der Waals surface area contributed by atoms with Crippen molar-refractivity contribution >= 4 is 6.21 Å². The van der Waals surface area contributed by atoms with E-state index in [1.54, 1.807) is 0 Å². The second kappa shape index (κ2) is 10.5. The third-order valence-corrected chi connectivity index (χ3v) is 7.48. The molecule has 2 aromatic carbocycles. The molecule has 1 aliphatic carbocycles. The molecule has 0 spiro atoms. The minimum absolute atomic E-state index is 0.0115. The van der Waals surface area contributed by atoms with Crippen LogP contribution in [0.5, 0.6) is 0 Å². The molecule has 1 atom stereocenters. The van der Waals surface area contributed by atoms with Gasteiger partial charge in [-0.25, -0.2) is 9.89 Å². The van der Waals surface area contributed by atoms with Gasteiger partial charge in [-0.05, 0) is 61.9 Å². The maximum Gasteiger partial charge on any atom is 0.416 e. The normalized spacial score (nSPS) is 23.3. The molecule has 2 N–H and O–H groups in total. The van der Waals surface area contributed by atoms with Crippen LogP contribution >= 0.6 is 0 Å². The van der Waals surface area contributed by atoms with Crippen LogP contribution in [-0.4, -0.2) is 32.8 Å². The zero-order valence-electron chi connectivity index (χ0n) is 20.8. The predicted octanol–water partition coefficient (Wildman–Crippen LogP) is 6.05. The molecular formula is C26H26F6N4O3. The fourth-order valence-electron chi connectivity index (χ4n) is 5.17. The SMILES string of the molecule is C[C@@H](OC[C@]1(c2ccccc2)CC[C@@](/C=N/O)(n2cn[nH]c2=O)CC1)c1cc(C(F)(F)F)cc(C(F)(F)F)c1. The Hall–Kier alpha value is -3.61. The molecule has 1 heterocycles.